The van der Waals surface area contributed by atoms with Crippen LogP contribution in [0.2, 0.25) is 0 Å². The van der Waals surface area contributed by atoms with Crippen LogP contribution in [0.4, 0.5) is 0 Å². The van der Waals surface area contributed by atoms with Gasteiger partial charge in [-0.25, -0.2) is 0 Å². The number of hydrogen-bond acceptors (Lipinski definition) is 4. The largest absolute Gasteiger partial charge is 0.450 e. The number of benzene rings is 2. The van der Waals surface area contributed by atoms with Crippen LogP contribution in [0.15, 0.2) is 67.0 Å². The third-order valence-electron chi connectivity index (χ3n) is 4.96. The fourth-order valence-corrected chi connectivity index (χ4v) is 3.65. The highest BCUT2D eigenvalue weighted by molar-refractivity contribution is 6.11. The van der Waals surface area contributed by atoms with Gasteiger partial charge in [0.25, 0.3) is 6.47 Å². The second kappa shape index (κ2) is 6.35. The van der Waals surface area contributed by atoms with Gasteiger partial charge in [-0.05, 0) is 18.2 Å². The molecule has 0 fully saturated rings. The third-order valence-corrected chi connectivity index (χ3v) is 4.96. The first kappa shape index (κ1) is 16.3. The lowest BCUT2D eigenvalue weighted by Crippen LogP contribution is -2.17. The summed E-state index contributed by atoms with van der Waals surface area (Å²) in [5, 5.41) is 2.72. The highest BCUT2D eigenvalue weighted by Gasteiger charge is 2.27. The number of pyridine rings is 1. The minimum absolute atomic E-state index is 0.290. The van der Waals surface area contributed by atoms with Gasteiger partial charge in [-0.2, -0.15) is 0 Å². The van der Waals surface area contributed by atoms with Gasteiger partial charge in [-0.3, -0.25) is 14.6 Å². The maximum absolute atomic E-state index is 13.2. The van der Waals surface area contributed by atoms with Crippen LogP contribution in [-0.2, 0) is 9.53 Å². The van der Waals surface area contributed by atoms with E-state index in [1.807, 2.05) is 48.5 Å². The van der Waals surface area contributed by atoms with Crippen molar-refractivity contribution in [2.24, 2.45) is 0 Å². The summed E-state index contributed by atoms with van der Waals surface area (Å²) in [5.74, 6) is -0.323. The molecule has 0 aliphatic heterocycles. The fourth-order valence-electron chi connectivity index (χ4n) is 3.65. The van der Waals surface area contributed by atoms with Gasteiger partial charge < -0.3 is 14.7 Å². The summed E-state index contributed by atoms with van der Waals surface area (Å²) in [5.41, 5.74) is 3.53. The predicted octanol–water partition coefficient (Wildman–Crippen LogP) is 4.29. The summed E-state index contributed by atoms with van der Waals surface area (Å²) < 4.78 is 5.18. The first-order valence-corrected chi connectivity index (χ1v) is 8.82. The summed E-state index contributed by atoms with van der Waals surface area (Å²) in [6.45, 7) is 0.290. The molecule has 136 valence electrons. The Morgan fingerprint density at radius 3 is 2.54 bits per heavy atom. The van der Waals surface area contributed by atoms with Gasteiger partial charge in [0.1, 0.15) is 0 Å². The number of ketones is 1. The van der Waals surface area contributed by atoms with E-state index in [4.69, 9.17) is 4.74 Å². The van der Waals surface area contributed by atoms with Gasteiger partial charge in [0.2, 0.25) is 11.9 Å². The zero-order valence-corrected chi connectivity index (χ0v) is 14.7. The number of aromatic nitrogens is 3. The van der Waals surface area contributed by atoms with Gasteiger partial charge in [-0.15, -0.1) is 0 Å². The molecule has 2 aromatic carbocycles. The molecule has 6 heteroatoms. The van der Waals surface area contributed by atoms with Gasteiger partial charge >= 0.3 is 0 Å². The van der Waals surface area contributed by atoms with E-state index in [-0.39, 0.29) is 5.78 Å². The van der Waals surface area contributed by atoms with E-state index in [1.54, 1.807) is 18.5 Å². The molecule has 0 aliphatic carbocycles. The molecule has 0 aliphatic rings. The molecule has 0 bridgehead atoms. The highest BCUT2D eigenvalue weighted by Crippen LogP contribution is 2.30. The number of hydrogen-bond donors (Lipinski definition) is 2. The second-order valence-corrected chi connectivity index (χ2v) is 6.55. The molecule has 1 atom stereocenters. The molecule has 0 radical (unpaired) electrons. The van der Waals surface area contributed by atoms with Crippen LogP contribution < -0.4 is 0 Å². The Labute approximate surface area is 159 Å². The molecule has 0 saturated heterocycles. The molecule has 3 heterocycles. The number of nitrogens with zero attached hydrogens (tertiary/aromatic N) is 1. The summed E-state index contributed by atoms with van der Waals surface area (Å²) >= 11 is 0. The molecule has 0 saturated carbocycles. The number of H-pyrrole nitrogens is 2. The Morgan fingerprint density at radius 1 is 0.964 bits per heavy atom. The number of fused-ring (bicyclic) bond motifs is 4. The molecule has 0 amide bonds. The molecule has 0 spiro atoms. The van der Waals surface area contributed by atoms with E-state index < -0.39 is 6.10 Å². The van der Waals surface area contributed by atoms with Crippen molar-refractivity contribution in [1.82, 2.24) is 15.0 Å². The number of Topliss-reactive ketones (excluding diaryl/α,β-unsaturated/α-hetero) is 1. The minimum atomic E-state index is -1.12. The molecule has 5 rings (SSSR count). The Hall–Kier alpha value is -3.93. The normalized spacial score (nSPS) is 12.4. The fraction of sp³-hybridized carbons (Fsp3) is 0.0455. The van der Waals surface area contributed by atoms with Crippen LogP contribution in [0.5, 0.6) is 0 Å². The summed E-state index contributed by atoms with van der Waals surface area (Å²) in [6, 6.07) is 17.2. The van der Waals surface area contributed by atoms with E-state index in [0.717, 1.165) is 32.7 Å². The van der Waals surface area contributed by atoms with Gasteiger partial charge in [-0.1, -0.05) is 36.4 Å². The quantitative estimate of drug-likeness (QED) is 0.357. The SMILES string of the molecule is O=COC(C(=O)c1c[nH]c2ccccc12)c1cc2c(cn1)[nH]c1ccccc12. The molecule has 5 aromatic rings. The van der Waals surface area contributed by atoms with Crippen molar-refractivity contribution in [3.8, 4) is 0 Å². The topological polar surface area (TPSA) is 87.8 Å². The van der Waals surface area contributed by atoms with E-state index >= 15 is 0 Å². The Balaban J connectivity index is 1.64. The second-order valence-electron chi connectivity index (χ2n) is 6.55. The van der Waals surface area contributed by atoms with Crippen LogP contribution in [-0.4, -0.2) is 27.2 Å². The average molecular weight is 369 g/mol. The van der Waals surface area contributed by atoms with Crippen LogP contribution in [0, 0.1) is 0 Å². The molecule has 28 heavy (non-hydrogen) atoms. The van der Waals surface area contributed by atoms with E-state index in [0.29, 0.717) is 17.7 Å². The average Bonchev–Trinajstić information content (AvgIpc) is 3.32. The standard InChI is InChI=1S/C22H15N3O3/c26-12-28-22(21(27)16-10-23-17-7-3-1-6-14(16)17)19-9-15-13-5-2-4-8-18(13)25-20(15)11-24-19/h1-12,22-23,25H. The lowest BCUT2D eigenvalue weighted by atomic mass is 10.0. The van der Waals surface area contributed by atoms with E-state index in [1.165, 1.54) is 0 Å². The Kier molecular flexibility index (Phi) is 3.69. The Morgan fingerprint density at radius 2 is 1.71 bits per heavy atom. The maximum Gasteiger partial charge on any atom is 0.294 e. The monoisotopic (exact) mass is 369 g/mol. The molecule has 2 N–H and O–H groups in total. The van der Waals surface area contributed by atoms with Gasteiger partial charge in [0.15, 0.2) is 0 Å². The molecular weight excluding hydrogens is 354 g/mol. The van der Waals surface area contributed by atoms with Crippen molar-refractivity contribution in [2.45, 2.75) is 6.10 Å². The van der Waals surface area contributed by atoms with Crippen LogP contribution in [0.25, 0.3) is 32.7 Å². The number of carbonyl (C=O) groups excluding carboxylic acids is 2. The summed E-state index contributed by atoms with van der Waals surface area (Å²) in [4.78, 5) is 35.1. The maximum atomic E-state index is 13.2. The van der Waals surface area contributed by atoms with Crippen molar-refractivity contribution in [3.05, 3.63) is 78.2 Å². The van der Waals surface area contributed by atoms with Gasteiger partial charge in [0.05, 0.1) is 17.4 Å². The zero-order valence-electron chi connectivity index (χ0n) is 14.7. The van der Waals surface area contributed by atoms with Crippen molar-refractivity contribution < 1.29 is 14.3 Å². The number of nitrogens with one attached hydrogen (secondary N) is 2. The number of para-hydroxylation sites is 2. The molecule has 6 nitrogen and oxygen atoms in total. The minimum Gasteiger partial charge on any atom is -0.450 e. The predicted molar refractivity (Wildman–Crippen MR) is 106 cm³/mol. The van der Waals surface area contributed by atoms with Crippen molar-refractivity contribution in [3.63, 3.8) is 0 Å². The Bertz CT molecular complexity index is 1350. The molecular formula is C22H15N3O3. The molecule has 1 unspecified atom stereocenters. The number of rotatable bonds is 5. The van der Waals surface area contributed by atoms with Crippen molar-refractivity contribution in [2.75, 3.05) is 0 Å². The number of ether oxygens (including phenoxy) is 1. The third kappa shape index (κ3) is 2.46. The smallest absolute Gasteiger partial charge is 0.294 e. The number of aromatic amines is 2. The van der Waals surface area contributed by atoms with Crippen molar-refractivity contribution in [1.29, 1.82) is 0 Å². The molecule has 3 aromatic heterocycles. The first-order valence-electron chi connectivity index (χ1n) is 8.82. The summed E-state index contributed by atoms with van der Waals surface area (Å²) in [7, 11) is 0. The van der Waals surface area contributed by atoms with Gasteiger partial charge in [0, 0.05) is 39.0 Å². The lowest BCUT2D eigenvalue weighted by molar-refractivity contribution is -0.132. The van der Waals surface area contributed by atoms with Crippen LogP contribution in [0.1, 0.15) is 22.2 Å². The number of carbonyl (C=O) groups is 2. The van der Waals surface area contributed by atoms with E-state index in [9.17, 15) is 9.59 Å². The van der Waals surface area contributed by atoms with Crippen LogP contribution >= 0.6 is 0 Å². The van der Waals surface area contributed by atoms with E-state index in [2.05, 4.69) is 15.0 Å². The van der Waals surface area contributed by atoms with Crippen LogP contribution in [0.3, 0.4) is 0 Å². The summed E-state index contributed by atoms with van der Waals surface area (Å²) in [6.07, 6.45) is 2.18. The first-order chi connectivity index (χ1) is 13.8. The highest BCUT2D eigenvalue weighted by atomic mass is 16.5. The lowest BCUT2D eigenvalue weighted by Gasteiger charge is -2.13. The van der Waals surface area contributed by atoms with Crippen molar-refractivity contribution >= 4 is 45.0 Å². The zero-order chi connectivity index (χ0) is 19.1.